The van der Waals surface area contributed by atoms with Crippen LogP contribution >= 0.6 is 0 Å². The Balaban J connectivity index is 4.08. The minimum absolute atomic E-state index is 0.269. The second-order valence-electron chi connectivity index (χ2n) is 1.78. The number of hydrogen-bond donors (Lipinski definition) is 0. The van der Waals surface area contributed by atoms with E-state index >= 15 is 0 Å². The van der Waals surface area contributed by atoms with Crippen molar-refractivity contribution in [2.75, 3.05) is 13.2 Å². The molecular weight excluding hydrogens is 201 g/mol. The van der Waals surface area contributed by atoms with Gasteiger partial charge in [-0.3, -0.25) is 4.18 Å². The molecule has 0 spiro atoms. The second-order valence-corrected chi connectivity index (χ2v) is 3.39. The second kappa shape index (κ2) is 4.06. The van der Waals surface area contributed by atoms with Crippen LogP contribution in [0.1, 0.15) is 6.42 Å². The van der Waals surface area contributed by atoms with Crippen molar-refractivity contribution in [3.8, 4) is 0 Å². The quantitative estimate of drug-likeness (QED) is 0.386. The van der Waals surface area contributed by atoms with Crippen LogP contribution in [0.5, 0.6) is 0 Å². The Morgan fingerprint density at radius 3 is 2.08 bits per heavy atom. The van der Waals surface area contributed by atoms with Gasteiger partial charge in [-0.1, -0.05) is 0 Å². The monoisotopic (exact) mass is 207 g/mol. The smallest absolute Gasteiger partial charge is 0.263 e. The van der Waals surface area contributed by atoms with E-state index in [-0.39, 0.29) is 6.42 Å². The molecule has 0 aliphatic carbocycles. The van der Waals surface area contributed by atoms with Crippen LogP contribution in [0.4, 0.5) is 13.2 Å². The van der Waals surface area contributed by atoms with Gasteiger partial charge in [0.05, 0.1) is 13.2 Å². The Labute approximate surface area is 67.1 Å². The van der Waals surface area contributed by atoms with Crippen molar-refractivity contribution in [3.05, 3.63) is 0 Å². The van der Waals surface area contributed by atoms with Crippen LogP contribution < -0.4 is 0 Å². The molecule has 0 bridgehead atoms. The van der Waals surface area contributed by atoms with Crippen LogP contribution in [-0.2, 0) is 19.4 Å². The molecule has 0 aliphatic rings. The standard InChI is InChI=1S/C4H6F3O4S/c5-4(6,7)12(9,10)11-3-1-2-8/h1-3H2. The zero-order valence-electron chi connectivity index (χ0n) is 5.80. The van der Waals surface area contributed by atoms with Crippen LogP contribution in [-0.4, -0.2) is 27.1 Å². The van der Waals surface area contributed by atoms with E-state index in [4.69, 9.17) is 0 Å². The molecule has 4 nitrogen and oxygen atoms in total. The van der Waals surface area contributed by atoms with E-state index in [9.17, 15) is 26.7 Å². The molecule has 0 heterocycles. The van der Waals surface area contributed by atoms with Crippen LogP contribution in [0.2, 0.25) is 0 Å². The lowest BCUT2D eigenvalue weighted by Crippen LogP contribution is -2.26. The van der Waals surface area contributed by atoms with Gasteiger partial charge in [-0.2, -0.15) is 21.6 Å². The summed E-state index contributed by atoms with van der Waals surface area (Å²) in [6, 6.07) is 0. The third-order valence-corrected chi connectivity index (χ3v) is 1.85. The Morgan fingerprint density at radius 2 is 1.75 bits per heavy atom. The topological polar surface area (TPSA) is 63.3 Å². The molecule has 0 unspecified atom stereocenters. The lowest BCUT2D eigenvalue weighted by molar-refractivity contribution is -0.0545. The van der Waals surface area contributed by atoms with Gasteiger partial charge in [-0.15, -0.1) is 0 Å². The first kappa shape index (κ1) is 11.7. The molecule has 0 aromatic rings. The van der Waals surface area contributed by atoms with Crippen molar-refractivity contribution in [1.82, 2.24) is 0 Å². The number of hydrogen-bond acceptors (Lipinski definition) is 3. The number of alkyl halides is 3. The highest BCUT2D eigenvalue weighted by atomic mass is 32.2. The number of halogens is 3. The maximum Gasteiger partial charge on any atom is 0.523 e. The van der Waals surface area contributed by atoms with Gasteiger partial charge in [0, 0.05) is 0 Å². The first-order valence-electron chi connectivity index (χ1n) is 2.85. The summed E-state index contributed by atoms with van der Waals surface area (Å²) >= 11 is 0. The fraction of sp³-hybridized carbons (Fsp3) is 1.00. The SMILES string of the molecule is [O]CCCOS(=O)(=O)C(F)(F)F. The van der Waals surface area contributed by atoms with E-state index in [1.165, 1.54) is 0 Å². The fourth-order valence-electron chi connectivity index (χ4n) is 0.294. The predicted molar refractivity (Wildman–Crippen MR) is 31.1 cm³/mol. The molecule has 0 aromatic heterocycles. The molecule has 0 rings (SSSR count). The minimum Gasteiger partial charge on any atom is -0.263 e. The van der Waals surface area contributed by atoms with Crippen molar-refractivity contribution in [1.29, 1.82) is 0 Å². The van der Waals surface area contributed by atoms with E-state index in [1.54, 1.807) is 0 Å². The van der Waals surface area contributed by atoms with E-state index in [1.807, 2.05) is 0 Å². The van der Waals surface area contributed by atoms with Crippen LogP contribution in [0.3, 0.4) is 0 Å². The Hall–Kier alpha value is -0.340. The lowest BCUT2D eigenvalue weighted by Gasteiger charge is -2.06. The van der Waals surface area contributed by atoms with Crippen molar-refractivity contribution in [2.45, 2.75) is 11.9 Å². The largest absolute Gasteiger partial charge is 0.523 e. The molecule has 0 aromatic carbocycles. The van der Waals surface area contributed by atoms with Crippen LogP contribution in [0.25, 0.3) is 0 Å². The van der Waals surface area contributed by atoms with Crippen molar-refractivity contribution < 1.29 is 30.9 Å². The summed E-state index contributed by atoms with van der Waals surface area (Å²) in [5.41, 5.74) is -5.41. The van der Waals surface area contributed by atoms with Gasteiger partial charge in [0.15, 0.2) is 0 Å². The maximum absolute atomic E-state index is 11.5. The summed E-state index contributed by atoms with van der Waals surface area (Å²) in [4.78, 5) is 0. The van der Waals surface area contributed by atoms with Gasteiger partial charge in [0.25, 0.3) is 0 Å². The summed E-state index contributed by atoms with van der Waals surface area (Å²) in [7, 11) is -5.51. The lowest BCUT2D eigenvalue weighted by atomic mass is 10.5. The molecule has 1 radical (unpaired) electrons. The highest BCUT2D eigenvalue weighted by Crippen LogP contribution is 2.24. The summed E-state index contributed by atoms with van der Waals surface area (Å²) in [5, 5.41) is 9.71. The average molecular weight is 207 g/mol. The van der Waals surface area contributed by atoms with Gasteiger partial charge >= 0.3 is 15.6 Å². The van der Waals surface area contributed by atoms with Crippen molar-refractivity contribution >= 4 is 10.1 Å². The summed E-state index contributed by atoms with van der Waals surface area (Å²) in [6.07, 6.45) is -0.269. The van der Waals surface area contributed by atoms with Crippen LogP contribution in [0, 0.1) is 0 Å². The molecule has 0 fully saturated rings. The Kier molecular flexibility index (Phi) is 3.94. The van der Waals surface area contributed by atoms with E-state index < -0.39 is 28.8 Å². The Morgan fingerprint density at radius 1 is 1.25 bits per heavy atom. The van der Waals surface area contributed by atoms with Gasteiger partial charge in [-0.05, 0) is 6.42 Å². The fourth-order valence-corrected chi connectivity index (χ4v) is 0.765. The van der Waals surface area contributed by atoms with Crippen molar-refractivity contribution in [2.24, 2.45) is 0 Å². The van der Waals surface area contributed by atoms with Gasteiger partial charge in [0.2, 0.25) is 0 Å². The van der Waals surface area contributed by atoms with Gasteiger partial charge in [0.1, 0.15) is 0 Å². The van der Waals surface area contributed by atoms with Crippen molar-refractivity contribution in [3.63, 3.8) is 0 Å². The summed E-state index contributed by atoms with van der Waals surface area (Å²) in [5.74, 6) is 0. The highest BCUT2D eigenvalue weighted by molar-refractivity contribution is 7.87. The third kappa shape index (κ3) is 3.37. The zero-order chi connectivity index (χ0) is 9.83. The molecule has 0 aliphatic heterocycles. The van der Waals surface area contributed by atoms with Gasteiger partial charge in [-0.25, -0.2) is 5.11 Å². The predicted octanol–water partition coefficient (Wildman–Crippen LogP) is 0.673. The summed E-state index contributed by atoms with van der Waals surface area (Å²) < 4.78 is 58.0. The van der Waals surface area contributed by atoms with Crippen LogP contribution in [0.15, 0.2) is 0 Å². The van der Waals surface area contributed by atoms with E-state index in [0.29, 0.717) is 0 Å². The normalized spacial score (nSPS) is 13.3. The molecule has 8 heteroatoms. The average Bonchev–Trinajstić information content (AvgIpc) is 1.85. The summed E-state index contributed by atoms with van der Waals surface area (Å²) in [6.45, 7) is -1.40. The molecule has 0 atom stereocenters. The highest BCUT2D eigenvalue weighted by Gasteiger charge is 2.47. The molecule has 73 valence electrons. The zero-order valence-corrected chi connectivity index (χ0v) is 6.61. The first-order chi connectivity index (χ1) is 5.31. The molecule has 0 N–H and O–H groups in total. The number of rotatable bonds is 4. The molecule has 12 heavy (non-hydrogen) atoms. The van der Waals surface area contributed by atoms with Gasteiger partial charge < -0.3 is 0 Å². The maximum atomic E-state index is 11.5. The minimum atomic E-state index is -5.51. The Bertz CT molecular complexity index is 219. The van der Waals surface area contributed by atoms with E-state index in [2.05, 4.69) is 4.18 Å². The molecular formula is C4H6F3O4S. The van der Waals surface area contributed by atoms with E-state index in [0.717, 1.165) is 0 Å². The first-order valence-corrected chi connectivity index (χ1v) is 4.26. The molecule has 0 saturated heterocycles. The molecule has 0 amide bonds. The third-order valence-electron chi connectivity index (χ3n) is 0.811. The molecule has 0 saturated carbocycles.